The largest absolute Gasteiger partial charge is 0.457 e. The van der Waals surface area contributed by atoms with Gasteiger partial charge in [0.1, 0.15) is 28.7 Å². The highest BCUT2D eigenvalue weighted by Crippen LogP contribution is 2.26. The first-order valence-electron chi connectivity index (χ1n) is 8.75. The molecule has 0 radical (unpaired) electrons. The molecule has 152 valence electrons. The van der Waals surface area contributed by atoms with Crippen molar-refractivity contribution >= 4 is 49.9 Å². The standard InChI is InChI=1S/C19H20N4O4S2/c1-6-7-27-18(26)15-10(3)20-19(29-15)22-13(24)8-23-12(5)21-16-14(17(23)25)9(2)11(4)28-16/h6H,1,7-8H2,2-5H3,(H,20,22,24). The van der Waals surface area contributed by atoms with E-state index in [0.717, 1.165) is 21.8 Å². The Bertz CT molecular complexity index is 1190. The van der Waals surface area contributed by atoms with Crippen LogP contribution in [-0.2, 0) is 16.1 Å². The Morgan fingerprint density at radius 2 is 1.93 bits per heavy atom. The Morgan fingerprint density at radius 3 is 2.62 bits per heavy atom. The summed E-state index contributed by atoms with van der Waals surface area (Å²) in [6.45, 7) is 10.6. The molecule has 0 saturated carbocycles. The summed E-state index contributed by atoms with van der Waals surface area (Å²) in [5, 5.41) is 3.45. The van der Waals surface area contributed by atoms with E-state index in [1.54, 1.807) is 13.8 Å². The normalized spacial score (nSPS) is 10.9. The van der Waals surface area contributed by atoms with Crippen LogP contribution in [0.15, 0.2) is 17.4 Å². The number of thiophene rings is 1. The van der Waals surface area contributed by atoms with E-state index in [1.165, 1.54) is 22.0 Å². The number of nitrogens with one attached hydrogen (secondary N) is 1. The molecule has 0 aliphatic rings. The van der Waals surface area contributed by atoms with Crippen molar-refractivity contribution in [1.29, 1.82) is 0 Å². The summed E-state index contributed by atoms with van der Waals surface area (Å²) in [4.78, 5) is 48.1. The molecule has 0 aliphatic carbocycles. The predicted octanol–water partition coefficient (Wildman–Crippen LogP) is 3.13. The van der Waals surface area contributed by atoms with Gasteiger partial charge < -0.3 is 10.1 Å². The topological polar surface area (TPSA) is 103 Å². The number of nitrogens with zero attached hydrogens (tertiary/aromatic N) is 3. The molecule has 10 heteroatoms. The highest BCUT2D eigenvalue weighted by molar-refractivity contribution is 7.18. The van der Waals surface area contributed by atoms with Gasteiger partial charge in [-0.05, 0) is 33.3 Å². The maximum Gasteiger partial charge on any atom is 0.350 e. The van der Waals surface area contributed by atoms with E-state index in [0.29, 0.717) is 26.6 Å². The number of carbonyl (C=O) groups is 2. The van der Waals surface area contributed by atoms with Crippen LogP contribution >= 0.6 is 22.7 Å². The molecule has 3 aromatic rings. The molecule has 0 fully saturated rings. The van der Waals surface area contributed by atoms with Crippen LogP contribution in [0, 0.1) is 27.7 Å². The smallest absolute Gasteiger partial charge is 0.350 e. The molecule has 3 heterocycles. The molecule has 0 atom stereocenters. The van der Waals surface area contributed by atoms with Crippen LogP contribution in [0.3, 0.4) is 0 Å². The minimum Gasteiger partial charge on any atom is -0.457 e. The number of rotatable bonds is 6. The summed E-state index contributed by atoms with van der Waals surface area (Å²) in [7, 11) is 0. The Labute approximate surface area is 174 Å². The van der Waals surface area contributed by atoms with Gasteiger partial charge in [0, 0.05) is 4.88 Å². The average Bonchev–Trinajstić information content (AvgIpc) is 3.15. The molecule has 1 N–H and O–H groups in total. The Kier molecular flexibility index (Phi) is 5.94. The summed E-state index contributed by atoms with van der Waals surface area (Å²) in [5.74, 6) is -0.492. The first-order chi connectivity index (χ1) is 13.7. The molecule has 0 bridgehead atoms. The van der Waals surface area contributed by atoms with Gasteiger partial charge in [0.2, 0.25) is 5.91 Å². The lowest BCUT2D eigenvalue weighted by Gasteiger charge is -2.09. The van der Waals surface area contributed by atoms with Crippen molar-refractivity contribution in [3.8, 4) is 0 Å². The van der Waals surface area contributed by atoms with E-state index in [9.17, 15) is 14.4 Å². The molecule has 1 amide bonds. The van der Waals surface area contributed by atoms with E-state index < -0.39 is 11.9 Å². The third kappa shape index (κ3) is 4.13. The van der Waals surface area contributed by atoms with Crippen LogP contribution in [0.4, 0.5) is 5.13 Å². The fourth-order valence-corrected chi connectivity index (χ4v) is 4.70. The molecule has 8 nitrogen and oxygen atoms in total. The minimum absolute atomic E-state index is 0.0943. The third-order valence-electron chi connectivity index (χ3n) is 4.34. The highest BCUT2D eigenvalue weighted by atomic mass is 32.1. The average molecular weight is 433 g/mol. The fourth-order valence-electron chi connectivity index (χ4n) is 2.76. The first-order valence-corrected chi connectivity index (χ1v) is 10.4. The number of hydrogen-bond acceptors (Lipinski definition) is 8. The van der Waals surface area contributed by atoms with Crippen molar-refractivity contribution in [2.45, 2.75) is 34.2 Å². The van der Waals surface area contributed by atoms with E-state index in [2.05, 4.69) is 21.9 Å². The van der Waals surface area contributed by atoms with Crippen molar-refractivity contribution in [3.63, 3.8) is 0 Å². The third-order valence-corrected chi connectivity index (χ3v) is 6.50. The van der Waals surface area contributed by atoms with Gasteiger partial charge in [-0.2, -0.15) is 0 Å². The number of fused-ring (bicyclic) bond motifs is 1. The fraction of sp³-hybridized carbons (Fsp3) is 0.316. The summed E-state index contributed by atoms with van der Waals surface area (Å²) < 4.78 is 6.35. The number of ether oxygens (including phenoxy) is 1. The van der Waals surface area contributed by atoms with E-state index in [1.807, 2.05) is 13.8 Å². The quantitative estimate of drug-likeness (QED) is 0.474. The first kappa shape index (κ1) is 20.9. The molecular formula is C19H20N4O4S2. The SMILES string of the molecule is C=CCOC(=O)c1sc(NC(=O)Cn2c(C)nc3sc(C)c(C)c3c2=O)nc1C. The number of aryl methyl sites for hydroxylation is 4. The number of thiazole rings is 1. The van der Waals surface area contributed by atoms with Gasteiger partial charge in [-0.15, -0.1) is 11.3 Å². The summed E-state index contributed by atoms with van der Waals surface area (Å²) in [5.41, 5.74) is 1.10. The zero-order chi connectivity index (χ0) is 21.3. The molecule has 0 saturated heterocycles. The van der Waals surface area contributed by atoms with Crippen molar-refractivity contribution in [1.82, 2.24) is 14.5 Å². The number of esters is 1. The Balaban J connectivity index is 1.81. The second-order valence-corrected chi connectivity index (χ2v) is 8.58. The monoisotopic (exact) mass is 432 g/mol. The predicted molar refractivity (Wildman–Crippen MR) is 114 cm³/mol. The molecule has 0 aliphatic heterocycles. The van der Waals surface area contributed by atoms with E-state index >= 15 is 0 Å². The van der Waals surface area contributed by atoms with Crippen molar-refractivity contribution < 1.29 is 14.3 Å². The zero-order valence-electron chi connectivity index (χ0n) is 16.5. The second kappa shape index (κ2) is 8.26. The van der Waals surface area contributed by atoms with Crippen LogP contribution in [0.1, 0.15) is 31.6 Å². The summed E-state index contributed by atoms with van der Waals surface area (Å²) in [6.07, 6.45) is 1.47. The van der Waals surface area contributed by atoms with Gasteiger partial charge in [0.15, 0.2) is 5.13 Å². The molecule has 3 aromatic heterocycles. The second-order valence-electron chi connectivity index (χ2n) is 6.38. The van der Waals surface area contributed by atoms with E-state index in [4.69, 9.17) is 4.74 Å². The van der Waals surface area contributed by atoms with E-state index in [-0.39, 0.29) is 23.8 Å². The lowest BCUT2D eigenvalue weighted by Crippen LogP contribution is -2.30. The van der Waals surface area contributed by atoms with Crippen LogP contribution in [-0.4, -0.2) is 33.0 Å². The van der Waals surface area contributed by atoms with Gasteiger partial charge in [-0.25, -0.2) is 14.8 Å². The number of carbonyl (C=O) groups excluding carboxylic acids is 2. The van der Waals surface area contributed by atoms with Crippen molar-refractivity contribution in [3.05, 3.63) is 49.8 Å². The lowest BCUT2D eigenvalue weighted by atomic mass is 10.2. The number of amides is 1. The highest BCUT2D eigenvalue weighted by Gasteiger charge is 2.19. The molecule has 0 spiro atoms. The number of anilines is 1. The van der Waals surface area contributed by atoms with Crippen molar-refractivity contribution in [2.24, 2.45) is 0 Å². The van der Waals surface area contributed by atoms with Gasteiger partial charge >= 0.3 is 5.97 Å². The molecule has 29 heavy (non-hydrogen) atoms. The Hall–Kier alpha value is -2.85. The van der Waals surface area contributed by atoms with Crippen LogP contribution in [0.2, 0.25) is 0 Å². The zero-order valence-corrected chi connectivity index (χ0v) is 18.1. The summed E-state index contributed by atoms with van der Waals surface area (Å²) >= 11 is 2.49. The van der Waals surface area contributed by atoms with Crippen LogP contribution in [0.5, 0.6) is 0 Å². The maximum absolute atomic E-state index is 12.9. The van der Waals surface area contributed by atoms with Gasteiger partial charge in [0.25, 0.3) is 5.56 Å². The molecule has 0 aromatic carbocycles. The minimum atomic E-state index is -0.523. The van der Waals surface area contributed by atoms with Crippen molar-refractivity contribution in [2.75, 3.05) is 11.9 Å². The lowest BCUT2D eigenvalue weighted by molar-refractivity contribution is -0.116. The Morgan fingerprint density at radius 1 is 1.21 bits per heavy atom. The molecular weight excluding hydrogens is 412 g/mol. The maximum atomic E-state index is 12.9. The number of hydrogen-bond donors (Lipinski definition) is 1. The van der Waals surface area contributed by atoms with Crippen LogP contribution in [0.25, 0.3) is 10.2 Å². The van der Waals surface area contributed by atoms with Gasteiger partial charge in [-0.1, -0.05) is 24.0 Å². The van der Waals surface area contributed by atoms with Crippen LogP contribution < -0.4 is 10.9 Å². The van der Waals surface area contributed by atoms with Gasteiger partial charge in [-0.3, -0.25) is 14.2 Å². The summed E-state index contributed by atoms with van der Waals surface area (Å²) in [6, 6.07) is 0. The number of aromatic nitrogens is 3. The molecule has 3 rings (SSSR count). The van der Waals surface area contributed by atoms with Gasteiger partial charge in [0.05, 0.1) is 11.1 Å². The molecule has 0 unspecified atom stereocenters.